The molecule has 60 heavy (non-hydrogen) atoms. The fourth-order valence-corrected chi connectivity index (χ4v) is 6.06. The maximum absolute atomic E-state index is 13.3. The number of rotatable bonds is 12. The van der Waals surface area contributed by atoms with E-state index in [0.717, 1.165) is 39.6 Å². The summed E-state index contributed by atoms with van der Waals surface area (Å²) < 4.78 is 43.4. The van der Waals surface area contributed by atoms with Crippen LogP contribution in [-0.4, -0.2) is 36.2 Å². The van der Waals surface area contributed by atoms with E-state index in [0.29, 0.717) is 62.9 Å². The lowest BCUT2D eigenvalue weighted by molar-refractivity contribution is 0.112. The highest BCUT2D eigenvalue weighted by atomic mass is 35.5. The number of furan rings is 1. The molecule has 296 valence electrons. The molecule has 0 aliphatic rings. The van der Waals surface area contributed by atoms with Gasteiger partial charge in [0.2, 0.25) is 0 Å². The molecule has 5 heterocycles. The van der Waals surface area contributed by atoms with Crippen LogP contribution in [0.1, 0.15) is 21.5 Å². The van der Waals surface area contributed by atoms with E-state index in [1.54, 1.807) is 36.7 Å². The highest BCUT2D eigenvalue weighted by molar-refractivity contribution is 6.30. The van der Waals surface area contributed by atoms with Gasteiger partial charge in [-0.05, 0) is 102 Å². The second kappa shape index (κ2) is 18.2. The van der Waals surface area contributed by atoms with Gasteiger partial charge in [0.1, 0.15) is 77.7 Å². The number of carbonyl (C=O) groups is 1. The summed E-state index contributed by atoms with van der Waals surface area (Å²) in [7, 11) is 0. The minimum Gasteiger partial charge on any atom is -0.489 e. The van der Waals surface area contributed by atoms with Gasteiger partial charge in [0, 0.05) is 22.1 Å². The average Bonchev–Trinajstić information content (AvgIpc) is 3.76. The number of hydrogen-bond acceptors (Lipinski definition) is 12. The van der Waals surface area contributed by atoms with Crippen molar-refractivity contribution in [1.82, 2.24) is 29.9 Å². The van der Waals surface area contributed by atoms with Gasteiger partial charge < -0.3 is 24.5 Å². The fourth-order valence-electron chi connectivity index (χ4n) is 5.90. The molecule has 12 nitrogen and oxygen atoms in total. The Morgan fingerprint density at radius 3 is 1.67 bits per heavy atom. The minimum atomic E-state index is -0.290. The van der Waals surface area contributed by atoms with Crippen LogP contribution in [0.3, 0.4) is 0 Å². The molecule has 0 radical (unpaired) electrons. The number of aldehydes is 1. The van der Waals surface area contributed by atoms with Gasteiger partial charge >= 0.3 is 0 Å². The third-order valence-electron chi connectivity index (χ3n) is 8.84. The molecule has 0 bridgehead atoms. The van der Waals surface area contributed by atoms with Crippen LogP contribution < -0.4 is 20.1 Å². The number of nitrogens with zero attached hydrogens (tertiary/aromatic N) is 6. The predicted molar refractivity (Wildman–Crippen MR) is 224 cm³/mol. The molecule has 0 atom stereocenters. The fraction of sp³-hybridized carbons (Fsp3) is 0.0444. The first-order valence-electron chi connectivity index (χ1n) is 18.2. The molecule has 4 aromatic carbocycles. The summed E-state index contributed by atoms with van der Waals surface area (Å²) in [5.74, 6) is 2.49. The third kappa shape index (κ3) is 9.81. The van der Waals surface area contributed by atoms with Crippen LogP contribution in [-0.2, 0) is 13.2 Å². The normalized spacial score (nSPS) is 10.8. The molecular formula is C45H31ClF2N8O4. The Bertz CT molecular complexity index is 2920. The number of pyridine rings is 2. The first-order chi connectivity index (χ1) is 29.3. The number of carbonyl (C=O) groups excluding carboxylic acids is 1. The zero-order chi connectivity index (χ0) is 41.3. The van der Waals surface area contributed by atoms with Crippen molar-refractivity contribution in [2.75, 3.05) is 10.6 Å². The summed E-state index contributed by atoms with van der Waals surface area (Å²) in [4.78, 5) is 36.4. The van der Waals surface area contributed by atoms with Crippen molar-refractivity contribution < 1.29 is 27.5 Å². The molecule has 9 rings (SSSR count). The lowest BCUT2D eigenvalue weighted by Gasteiger charge is -2.10. The van der Waals surface area contributed by atoms with Gasteiger partial charge in [0.25, 0.3) is 0 Å². The summed E-state index contributed by atoms with van der Waals surface area (Å²) >= 11 is 5.98. The van der Waals surface area contributed by atoms with E-state index < -0.39 is 0 Å². The first kappa shape index (κ1) is 39.0. The Morgan fingerprint density at radius 1 is 0.617 bits per heavy atom. The van der Waals surface area contributed by atoms with Crippen molar-refractivity contribution in [1.29, 1.82) is 0 Å². The molecule has 0 unspecified atom stereocenters. The largest absolute Gasteiger partial charge is 0.489 e. The van der Waals surface area contributed by atoms with E-state index >= 15 is 0 Å². The summed E-state index contributed by atoms with van der Waals surface area (Å²) in [6.07, 6.45) is 8.26. The highest BCUT2D eigenvalue weighted by Crippen LogP contribution is 2.29. The molecule has 0 aliphatic carbocycles. The lowest BCUT2D eigenvalue weighted by Crippen LogP contribution is -1.98. The Balaban J connectivity index is 0.000000170. The third-order valence-corrected chi connectivity index (χ3v) is 9.05. The van der Waals surface area contributed by atoms with Crippen molar-refractivity contribution in [2.24, 2.45) is 0 Å². The molecule has 2 N–H and O–H groups in total. The molecule has 0 aliphatic heterocycles. The van der Waals surface area contributed by atoms with Crippen molar-refractivity contribution in [3.8, 4) is 23.0 Å². The molecule has 0 spiro atoms. The SMILES string of the molecule is Fc1cccc(COc2ccc(Nc3ncnc4cnc(Cl)cc34)cc2)c1.O=Cc1coc(-c2cc3c(Nc4ccc(OCc5cccc(F)c5)cc4)ncnc3cn2)c1. The van der Waals surface area contributed by atoms with Crippen LogP contribution in [0.5, 0.6) is 11.5 Å². The van der Waals surface area contributed by atoms with Crippen LogP contribution in [0.25, 0.3) is 33.3 Å². The Labute approximate surface area is 345 Å². The van der Waals surface area contributed by atoms with Gasteiger partial charge in [0.15, 0.2) is 12.0 Å². The molecule has 0 saturated heterocycles. The number of aromatic nitrogens is 6. The number of anilines is 4. The maximum Gasteiger partial charge on any atom is 0.153 e. The topological polar surface area (TPSA) is 150 Å². The number of ether oxygens (including phenoxy) is 2. The lowest BCUT2D eigenvalue weighted by atomic mass is 10.2. The van der Waals surface area contributed by atoms with E-state index in [-0.39, 0.29) is 18.2 Å². The van der Waals surface area contributed by atoms with Crippen molar-refractivity contribution in [2.45, 2.75) is 13.2 Å². The standard InChI is InChI=1S/C25H17FN4O3.C20H14ClFN4O/c26-18-3-1-2-16(8-18)13-32-20-6-4-19(5-7-20)30-25-21-10-22(24-9-17(12-31)14-33-24)27-11-23(21)28-15-29-25;21-19-9-17-18(10-23-19)24-12-25-20(17)26-15-4-6-16(7-5-15)27-11-13-2-1-3-14(22)8-13/h1-12,14-15H,13H2,(H,28,29,30);1-10,12H,11H2,(H,24,25,26). The van der Waals surface area contributed by atoms with E-state index in [2.05, 4.69) is 40.5 Å². The summed E-state index contributed by atoms with van der Waals surface area (Å²) in [6, 6.07) is 32.6. The van der Waals surface area contributed by atoms with Gasteiger partial charge in [0.05, 0.1) is 29.0 Å². The van der Waals surface area contributed by atoms with Gasteiger partial charge in [-0.2, -0.15) is 0 Å². The average molecular weight is 821 g/mol. The number of benzene rings is 4. The van der Waals surface area contributed by atoms with E-state index in [1.165, 1.54) is 43.2 Å². The van der Waals surface area contributed by atoms with Gasteiger partial charge in [-0.1, -0.05) is 35.9 Å². The zero-order valence-electron chi connectivity index (χ0n) is 31.3. The number of nitrogens with one attached hydrogen (secondary N) is 2. The number of halogens is 3. The second-order valence-corrected chi connectivity index (χ2v) is 13.4. The smallest absolute Gasteiger partial charge is 0.153 e. The van der Waals surface area contributed by atoms with Crippen molar-refractivity contribution >= 4 is 62.7 Å². The quantitative estimate of drug-likeness (QED) is 0.0892. The monoisotopic (exact) mass is 820 g/mol. The number of hydrogen-bond donors (Lipinski definition) is 2. The van der Waals surface area contributed by atoms with E-state index in [9.17, 15) is 13.6 Å². The number of fused-ring (bicyclic) bond motifs is 2. The van der Waals surface area contributed by atoms with E-state index in [1.807, 2.05) is 66.7 Å². The summed E-state index contributed by atoms with van der Waals surface area (Å²) in [6.45, 7) is 0.571. The van der Waals surface area contributed by atoms with Crippen molar-refractivity contribution in [3.63, 3.8) is 0 Å². The minimum absolute atomic E-state index is 0.273. The second-order valence-electron chi connectivity index (χ2n) is 13.1. The Kier molecular flexibility index (Phi) is 11.8. The maximum atomic E-state index is 13.3. The van der Waals surface area contributed by atoms with Gasteiger partial charge in [-0.25, -0.2) is 33.7 Å². The highest BCUT2D eigenvalue weighted by Gasteiger charge is 2.12. The molecule has 0 saturated carbocycles. The van der Waals surface area contributed by atoms with Crippen LogP contribution in [0.4, 0.5) is 31.8 Å². The van der Waals surface area contributed by atoms with Gasteiger partial charge in [-0.15, -0.1) is 0 Å². The van der Waals surface area contributed by atoms with Crippen LogP contribution in [0, 0.1) is 11.6 Å². The first-order valence-corrected chi connectivity index (χ1v) is 18.6. The molecule has 5 aromatic heterocycles. The van der Waals surface area contributed by atoms with Crippen LogP contribution in [0.2, 0.25) is 5.15 Å². The Hall–Kier alpha value is -7.84. The molecular weight excluding hydrogens is 790 g/mol. The molecule has 0 fully saturated rings. The van der Waals surface area contributed by atoms with E-state index in [4.69, 9.17) is 25.5 Å². The van der Waals surface area contributed by atoms with Crippen LogP contribution >= 0.6 is 11.6 Å². The molecule has 0 amide bonds. The molecule has 15 heteroatoms. The van der Waals surface area contributed by atoms with Gasteiger partial charge in [-0.3, -0.25) is 9.78 Å². The molecule has 9 aromatic rings. The summed E-state index contributed by atoms with van der Waals surface area (Å²) in [5, 5.41) is 8.43. The Morgan fingerprint density at radius 2 is 1.15 bits per heavy atom. The summed E-state index contributed by atoms with van der Waals surface area (Å²) in [5.41, 5.74) is 5.53. The van der Waals surface area contributed by atoms with Crippen molar-refractivity contribution in [3.05, 3.63) is 180 Å². The van der Waals surface area contributed by atoms with Crippen LogP contribution in [0.15, 0.2) is 151 Å². The zero-order valence-corrected chi connectivity index (χ0v) is 32.1. The predicted octanol–water partition coefficient (Wildman–Crippen LogP) is 10.7.